The molecule has 0 spiro atoms. The predicted octanol–water partition coefficient (Wildman–Crippen LogP) is 3.60. The van der Waals surface area contributed by atoms with Crippen LogP contribution >= 0.6 is 11.6 Å². The summed E-state index contributed by atoms with van der Waals surface area (Å²) in [4.78, 5) is 2.32. The lowest BCUT2D eigenvalue weighted by Crippen LogP contribution is -2.34. The van der Waals surface area contributed by atoms with Crippen LogP contribution in [0.4, 0.5) is 5.69 Å². The van der Waals surface area contributed by atoms with Crippen LogP contribution in [0.3, 0.4) is 0 Å². The first kappa shape index (κ1) is 15.1. The molecule has 4 heteroatoms. The molecule has 116 valence electrons. The molecule has 0 radical (unpaired) electrons. The van der Waals surface area contributed by atoms with Gasteiger partial charge in [0.1, 0.15) is 0 Å². The van der Waals surface area contributed by atoms with Gasteiger partial charge in [-0.1, -0.05) is 11.6 Å². The third-order valence-electron chi connectivity index (χ3n) is 4.36. The van der Waals surface area contributed by atoms with Crippen LogP contribution in [0, 0.1) is 0 Å². The van der Waals surface area contributed by atoms with E-state index in [2.05, 4.69) is 29.4 Å². The van der Waals surface area contributed by atoms with Gasteiger partial charge in [0.25, 0.3) is 0 Å². The highest BCUT2D eigenvalue weighted by atomic mass is 35.5. The second-order valence-corrected chi connectivity index (χ2v) is 6.73. The Hall–Kier alpha value is -0.770. The molecule has 0 amide bonds. The Morgan fingerprint density at radius 1 is 1.29 bits per heavy atom. The van der Waals surface area contributed by atoms with Crippen LogP contribution in [-0.4, -0.2) is 32.3 Å². The van der Waals surface area contributed by atoms with E-state index in [0.29, 0.717) is 12.1 Å². The van der Waals surface area contributed by atoms with Gasteiger partial charge in [-0.2, -0.15) is 0 Å². The van der Waals surface area contributed by atoms with Gasteiger partial charge in [0.05, 0.1) is 6.10 Å². The Morgan fingerprint density at radius 2 is 2.14 bits per heavy atom. The number of rotatable bonds is 6. The molecule has 1 aromatic rings. The summed E-state index contributed by atoms with van der Waals surface area (Å²) in [5, 5.41) is 4.40. The van der Waals surface area contributed by atoms with E-state index in [9.17, 15) is 0 Å². The Morgan fingerprint density at radius 3 is 2.86 bits per heavy atom. The van der Waals surface area contributed by atoms with Crippen molar-refractivity contribution in [3.63, 3.8) is 0 Å². The minimum Gasteiger partial charge on any atom is -0.376 e. The second-order valence-electron chi connectivity index (χ2n) is 6.30. The first-order valence-electron chi connectivity index (χ1n) is 8.07. The highest BCUT2D eigenvalue weighted by Crippen LogP contribution is 2.27. The first-order valence-corrected chi connectivity index (χ1v) is 8.45. The van der Waals surface area contributed by atoms with Gasteiger partial charge in [-0.25, -0.2) is 0 Å². The molecule has 2 fully saturated rings. The summed E-state index contributed by atoms with van der Waals surface area (Å²) in [6, 6.07) is 6.92. The SMILES string of the molecule is CN(CC1CCCCO1)c1ccc(Cl)cc1CNC1CC1. The lowest BCUT2D eigenvalue weighted by Gasteiger charge is -2.30. The number of halogens is 1. The van der Waals surface area contributed by atoms with Gasteiger partial charge in [-0.15, -0.1) is 0 Å². The van der Waals surface area contributed by atoms with Crippen LogP contribution in [-0.2, 0) is 11.3 Å². The minimum atomic E-state index is 0.365. The fourth-order valence-corrected chi connectivity index (χ4v) is 3.16. The Kier molecular flexibility index (Phi) is 5.04. The molecule has 2 aliphatic rings. The van der Waals surface area contributed by atoms with E-state index in [0.717, 1.165) is 24.7 Å². The van der Waals surface area contributed by atoms with E-state index in [-0.39, 0.29) is 0 Å². The van der Waals surface area contributed by atoms with Gasteiger partial charge >= 0.3 is 0 Å². The summed E-state index contributed by atoms with van der Waals surface area (Å²) in [6.45, 7) is 2.77. The van der Waals surface area contributed by atoms with Crippen molar-refractivity contribution in [2.24, 2.45) is 0 Å². The van der Waals surface area contributed by atoms with E-state index in [1.165, 1.54) is 43.4 Å². The molecule has 1 aromatic carbocycles. The summed E-state index contributed by atoms with van der Waals surface area (Å²) in [5.74, 6) is 0. The lowest BCUT2D eigenvalue weighted by atomic mass is 10.1. The van der Waals surface area contributed by atoms with E-state index >= 15 is 0 Å². The van der Waals surface area contributed by atoms with E-state index in [4.69, 9.17) is 16.3 Å². The second kappa shape index (κ2) is 6.99. The molecule has 3 nitrogen and oxygen atoms in total. The van der Waals surface area contributed by atoms with E-state index in [1.54, 1.807) is 0 Å². The van der Waals surface area contributed by atoms with Crippen molar-refractivity contribution in [3.05, 3.63) is 28.8 Å². The number of anilines is 1. The molecule has 1 saturated heterocycles. The van der Waals surface area contributed by atoms with Crippen LogP contribution < -0.4 is 10.2 Å². The molecule has 1 aliphatic carbocycles. The van der Waals surface area contributed by atoms with Gasteiger partial charge < -0.3 is 15.0 Å². The smallest absolute Gasteiger partial charge is 0.0749 e. The molecule has 1 heterocycles. The summed E-state index contributed by atoms with van der Waals surface area (Å²) >= 11 is 6.17. The van der Waals surface area contributed by atoms with Crippen molar-refractivity contribution >= 4 is 17.3 Å². The fraction of sp³-hybridized carbons (Fsp3) is 0.647. The fourth-order valence-electron chi connectivity index (χ4n) is 2.97. The molecule has 3 rings (SSSR count). The molecule has 1 unspecified atom stereocenters. The molecule has 1 aliphatic heterocycles. The van der Waals surface area contributed by atoms with Crippen LogP contribution in [0.25, 0.3) is 0 Å². The zero-order chi connectivity index (χ0) is 14.7. The standard InChI is InChI=1S/C17H25ClN2O/c1-20(12-16-4-2-3-9-21-16)17-8-5-14(18)10-13(17)11-19-15-6-7-15/h5,8,10,15-16,19H,2-4,6-7,9,11-12H2,1H3. The van der Waals surface area contributed by atoms with Crippen molar-refractivity contribution in [3.8, 4) is 0 Å². The van der Waals surface area contributed by atoms with Crippen LogP contribution in [0.5, 0.6) is 0 Å². The largest absolute Gasteiger partial charge is 0.376 e. The maximum atomic E-state index is 6.17. The minimum absolute atomic E-state index is 0.365. The number of hydrogen-bond acceptors (Lipinski definition) is 3. The Labute approximate surface area is 132 Å². The van der Waals surface area contributed by atoms with Gasteiger partial charge in [-0.05, 0) is 55.9 Å². The van der Waals surface area contributed by atoms with Crippen molar-refractivity contribution in [2.45, 2.75) is 50.8 Å². The molecule has 1 atom stereocenters. The number of ether oxygens (including phenoxy) is 1. The maximum Gasteiger partial charge on any atom is 0.0749 e. The molecule has 0 bridgehead atoms. The van der Waals surface area contributed by atoms with Gasteiger partial charge in [0, 0.05) is 43.5 Å². The van der Waals surface area contributed by atoms with E-state index in [1.807, 2.05) is 6.07 Å². The summed E-state index contributed by atoms with van der Waals surface area (Å²) in [7, 11) is 2.15. The third kappa shape index (κ3) is 4.35. The number of nitrogens with zero attached hydrogens (tertiary/aromatic N) is 1. The summed E-state index contributed by atoms with van der Waals surface area (Å²) < 4.78 is 5.86. The molecule has 1 saturated carbocycles. The monoisotopic (exact) mass is 308 g/mol. The van der Waals surface area contributed by atoms with Crippen molar-refractivity contribution in [2.75, 3.05) is 25.1 Å². The van der Waals surface area contributed by atoms with E-state index < -0.39 is 0 Å². The average molecular weight is 309 g/mol. The molecule has 0 aromatic heterocycles. The summed E-state index contributed by atoms with van der Waals surface area (Å²) in [6.07, 6.45) is 6.65. The van der Waals surface area contributed by atoms with Crippen molar-refractivity contribution < 1.29 is 4.74 Å². The molecule has 1 N–H and O–H groups in total. The molecular weight excluding hydrogens is 284 g/mol. The lowest BCUT2D eigenvalue weighted by molar-refractivity contribution is 0.0216. The van der Waals surface area contributed by atoms with Gasteiger partial charge in [0.2, 0.25) is 0 Å². The van der Waals surface area contributed by atoms with Crippen molar-refractivity contribution in [1.29, 1.82) is 0 Å². The number of nitrogens with one attached hydrogen (secondary N) is 1. The van der Waals surface area contributed by atoms with Crippen LogP contribution in [0.15, 0.2) is 18.2 Å². The number of likely N-dealkylation sites (N-methyl/N-ethyl adjacent to an activating group) is 1. The third-order valence-corrected chi connectivity index (χ3v) is 4.60. The van der Waals surface area contributed by atoms with Crippen LogP contribution in [0.1, 0.15) is 37.7 Å². The highest BCUT2D eigenvalue weighted by molar-refractivity contribution is 6.30. The molecular formula is C17H25ClN2O. The van der Waals surface area contributed by atoms with Crippen LogP contribution in [0.2, 0.25) is 5.02 Å². The van der Waals surface area contributed by atoms with Crippen molar-refractivity contribution in [1.82, 2.24) is 5.32 Å². The normalized spacial score (nSPS) is 22.3. The first-order chi connectivity index (χ1) is 10.2. The van der Waals surface area contributed by atoms with Gasteiger partial charge in [0.15, 0.2) is 0 Å². The maximum absolute atomic E-state index is 6.17. The highest BCUT2D eigenvalue weighted by Gasteiger charge is 2.22. The zero-order valence-corrected chi connectivity index (χ0v) is 13.5. The topological polar surface area (TPSA) is 24.5 Å². The van der Waals surface area contributed by atoms with Gasteiger partial charge in [-0.3, -0.25) is 0 Å². The molecule has 21 heavy (non-hydrogen) atoms. The zero-order valence-electron chi connectivity index (χ0n) is 12.8. The summed E-state index contributed by atoms with van der Waals surface area (Å²) in [5.41, 5.74) is 2.55. The average Bonchev–Trinajstić information content (AvgIpc) is 3.30. The Balaban J connectivity index is 1.66. The quantitative estimate of drug-likeness (QED) is 0.869. The number of hydrogen-bond donors (Lipinski definition) is 1. The number of benzene rings is 1. The predicted molar refractivity (Wildman–Crippen MR) is 88.2 cm³/mol. The Bertz CT molecular complexity index is 470.